The van der Waals surface area contributed by atoms with Crippen LogP contribution >= 0.6 is 35.7 Å². The molecule has 0 bridgehead atoms. The van der Waals surface area contributed by atoms with Crippen LogP contribution in [0.5, 0.6) is 0 Å². The van der Waals surface area contributed by atoms with E-state index in [9.17, 15) is 0 Å². The molecule has 3 N–H and O–H groups in total. The third-order valence-electron chi connectivity index (χ3n) is 4.16. The molecule has 4 nitrogen and oxygen atoms in total. The van der Waals surface area contributed by atoms with E-state index >= 15 is 0 Å². The summed E-state index contributed by atoms with van der Waals surface area (Å²) < 4.78 is 0. The van der Waals surface area contributed by atoms with E-state index in [1.165, 1.54) is 24.3 Å². The summed E-state index contributed by atoms with van der Waals surface area (Å²) in [5.41, 5.74) is 1.17. The highest BCUT2D eigenvalue weighted by atomic mass is 127. The van der Waals surface area contributed by atoms with Crippen LogP contribution in [0.3, 0.4) is 0 Å². The van der Waals surface area contributed by atoms with E-state index in [0.29, 0.717) is 12.0 Å². The Kier molecular flexibility index (Phi) is 10.6. The SMILES string of the molecule is CN=C(NCC1CCCS1)NCC(Nc1ccccc1)C(C)C.I. The quantitative estimate of drug-likeness (QED) is 0.328. The monoisotopic (exact) mass is 462 g/mol. The van der Waals surface area contributed by atoms with Crippen molar-refractivity contribution in [3.05, 3.63) is 30.3 Å². The molecule has 1 aromatic carbocycles. The summed E-state index contributed by atoms with van der Waals surface area (Å²) in [6.45, 7) is 6.34. The molecule has 0 aliphatic carbocycles. The number of halogens is 1. The zero-order chi connectivity index (χ0) is 16.5. The van der Waals surface area contributed by atoms with Gasteiger partial charge in [0, 0.05) is 37.1 Å². The van der Waals surface area contributed by atoms with Crippen molar-refractivity contribution in [2.75, 3.05) is 31.2 Å². The van der Waals surface area contributed by atoms with Gasteiger partial charge in [0.05, 0.1) is 0 Å². The van der Waals surface area contributed by atoms with Gasteiger partial charge in [-0.2, -0.15) is 11.8 Å². The van der Waals surface area contributed by atoms with E-state index in [-0.39, 0.29) is 24.0 Å². The molecule has 0 spiro atoms. The summed E-state index contributed by atoms with van der Waals surface area (Å²) in [7, 11) is 1.84. The standard InChI is InChI=1S/C18H30N4S.HI/c1-14(2)17(22-15-8-5-4-6-9-15)13-21-18(19-3)20-12-16-10-7-11-23-16;/h4-6,8-9,14,16-17,22H,7,10-13H2,1-3H3,(H2,19,20,21);1H. The number of aliphatic imine (C=N–C) groups is 1. The first kappa shape index (κ1) is 21.4. The van der Waals surface area contributed by atoms with Crippen LogP contribution in [-0.4, -0.2) is 43.1 Å². The lowest BCUT2D eigenvalue weighted by atomic mass is 10.0. The van der Waals surface area contributed by atoms with Gasteiger partial charge in [-0.05, 0) is 36.6 Å². The molecule has 0 aromatic heterocycles. The highest BCUT2D eigenvalue weighted by Gasteiger charge is 2.17. The molecule has 0 saturated carbocycles. The minimum atomic E-state index is 0. The van der Waals surface area contributed by atoms with Crippen molar-refractivity contribution in [3.63, 3.8) is 0 Å². The van der Waals surface area contributed by atoms with Crippen LogP contribution in [0.2, 0.25) is 0 Å². The summed E-state index contributed by atoms with van der Waals surface area (Å²) in [5, 5.41) is 11.3. The average molecular weight is 462 g/mol. The van der Waals surface area contributed by atoms with Crippen molar-refractivity contribution < 1.29 is 0 Å². The lowest BCUT2D eigenvalue weighted by Crippen LogP contribution is -2.46. The normalized spacial score (nSPS) is 18.8. The first-order valence-electron chi connectivity index (χ1n) is 8.56. The van der Waals surface area contributed by atoms with Crippen LogP contribution in [0, 0.1) is 5.92 Å². The number of nitrogens with zero attached hydrogens (tertiary/aromatic N) is 1. The third kappa shape index (κ3) is 7.51. The summed E-state index contributed by atoms with van der Waals surface area (Å²) >= 11 is 2.07. The second-order valence-electron chi connectivity index (χ2n) is 6.33. The molecule has 2 rings (SSSR count). The maximum Gasteiger partial charge on any atom is 0.191 e. The van der Waals surface area contributed by atoms with Crippen molar-refractivity contribution >= 4 is 47.4 Å². The van der Waals surface area contributed by atoms with Gasteiger partial charge in [-0.3, -0.25) is 4.99 Å². The van der Waals surface area contributed by atoms with Crippen LogP contribution in [0.15, 0.2) is 35.3 Å². The molecule has 1 aromatic rings. The number of hydrogen-bond acceptors (Lipinski definition) is 3. The fourth-order valence-electron chi connectivity index (χ4n) is 2.64. The highest BCUT2D eigenvalue weighted by Crippen LogP contribution is 2.25. The summed E-state index contributed by atoms with van der Waals surface area (Å²) in [6.07, 6.45) is 2.66. The van der Waals surface area contributed by atoms with Gasteiger partial charge in [-0.1, -0.05) is 32.0 Å². The number of benzene rings is 1. The van der Waals surface area contributed by atoms with Crippen molar-refractivity contribution in [1.29, 1.82) is 0 Å². The Balaban J connectivity index is 0.00000288. The number of nitrogens with one attached hydrogen (secondary N) is 3. The number of hydrogen-bond donors (Lipinski definition) is 3. The Morgan fingerprint density at radius 1 is 1.25 bits per heavy atom. The molecule has 1 aliphatic rings. The maximum atomic E-state index is 4.34. The second kappa shape index (κ2) is 11.8. The van der Waals surface area contributed by atoms with Crippen molar-refractivity contribution in [2.45, 2.75) is 38.0 Å². The molecule has 1 heterocycles. The van der Waals surface area contributed by atoms with Crippen LogP contribution in [0.4, 0.5) is 5.69 Å². The molecule has 0 radical (unpaired) electrons. The van der Waals surface area contributed by atoms with Gasteiger partial charge >= 0.3 is 0 Å². The van der Waals surface area contributed by atoms with Gasteiger partial charge in [-0.25, -0.2) is 0 Å². The van der Waals surface area contributed by atoms with E-state index in [1.54, 1.807) is 0 Å². The number of rotatable bonds is 7. The van der Waals surface area contributed by atoms with Crippen LogP contribution in [-0.2, 0) is 0 Å². The average Bonchev–Trinajstić information content (AvgIpc) is 3.08. The Morgan fingerprint density at radius 2 is 2.00 bits per heavy atom. The van der Waals surface area contributed by atoms with Crippen LogP contribution < -0.4 is 16.0 Å². The van der Waals surface area contributed by atoms with Gasteiger partial charge in [-0.15, -0.1) is 24.0 Å². The fraction of sp³-hybridized carbons (Fsp3) is 0.611. The smallest absolute Gasteiger partial charge is 0.191 e. The van der Waals surface area contributed by atoms with E-state index in [1.807, 2.05) is 13.1 Å². The van der Waals surface area contributed by atoms with Crippen LogP contribution in [0.1, 0.15) is 26.7 Å². The predicted molar refractivity (Wildman–Crippen MR) is 119 cm³/mol. The first-order valence-corrected chi connectivity index (χ1v) is 9.61. The van der Waals surface area contributed by atoms with E-state index in [0.717, 1.165) is 24.3 Å². The third-order valence-corrected chi connectivity index (χ3v) is 5.56. The molecule has 0 amide bonds. The van der Waals surface area contributed by atoms with Gasteiger partial charge in [0.15, 0.2) is 5.96 Å². The topological polar surface area (TPSA) is 48.5 Å². The Labute approximate surface area is 168 Å². The fourth-order valence-corrected chi connectivity index (χ4v) is 3.85. The summed E-state index contributed by atoms with van der Waals surface area (Å²) in [4.78, 5) is 4.34. The molecule has 24 heavy (non-hydrogen) atoms. The molecule has 136 valence electrons. The van der Waals surface area contributed by atoms with Gasteiger partial charge in [0.25, 0.3) is 0 Å². The van der Waals surface area contributed by atoms with Crippen molar-refractivity contribution in [1.82, 2.24) is 10.6 Å². The van der Waals surface area contributed by atoms with Gasteiger partial charge in [0.2, 0.25) is 0 Å². The molecular weight excluding hydrogens is 431 g/mol. The molecule has 6 heteroatoms. The lowest BCUT2D eigenvalue weighted by Gasteiger charge is -2.25. The molecule has 1 aliphatic heterocycles. The molecule has 2 atom stereocenters. The van der Waals surface area contributed by atoms with E-state index < -0.39 is 0 Å². The predicted octanol–water partition coefficient (Wildman–Crippen LogP) is 3.80. The maximum absolute atomic E-state index is 4.34. The molecule has 1 saturated heterocycles. The van der Waals surface area contributed by atoms with Gasteiger partial charge in [0.1, 0.15) is 0 Å². The minimum Gasteiger partial charge on any atom is -0.380 e. The minimum absolute atomic E-state index is 0. The van der Waals surface area contributed by atoms with Crippen molar-refractivity contribution in [3.8, 4) is 0 Å². The lowest BCUT2D eigenvalue weighted by molar-refractivity contribution is 0.512. The zero-order valence-electron chi connectivity index (χ0n) is 14.9. The molecule has 2 unspecified atom stereocenters. The van der Waals surface area contributed by atoms with E-state index in [2.05, 4.69) is 70.8 Å². The highest BCUT2D eigenvalue weighted by molar-refractivity contribution is 14.0. The summed E-state index contributed by atoms with van der Waals surface area (Å²) in [6, 6.07) is 10.7. The molecular formula is C18H31IN4S. The second-order valence-corrected chi connectivity index (χ2v) is 7.74. The van der Waals surface area contributed by atoms with Gasteiger partial charge < -0.3 is 16.0 Å². The first-order chi connectivity index (χ1) is 11.2. The Hall–Kier alpha value is -0.630. The Bertz CT molecular complexity index is 475. The largest absolute Gasteiger partial charge is 0.380 e. The Morgan fingerprint density at radius 3 is 2.58 bits per heavy atom. The van der Waals surface area contributed by atoms with E-state index in [4.69, 9.17) is 0 Å². The number of guanidine groups is 1. The summed E-state index contributed by atoms with van der Waals surface area (Å²) in [5.74, 6) is 2.73. The number of para-hydroxylation sites is 1. The number of anilines is 1. The molecule has 1 fully saturated rings. The number of thioether (sulfide) groups is 1. The van der Waals surface area contributed by atoms with Crippen LogP contribution in [0.25, 0.3) is 0 Å². The van der Waals surface area contributed by atoms with Crippen molar-refractivity contribution in [2.24, 2.45) is 10.9 Å². The zero-order valence-corrected chi connectivity index (χ0v) is 18.1.